The van der Waals surface area contributed by atoms with Crippen molar-refractivity contribution in [1.82, 2.24) is 15.1 Å². The molecule has 7 heteroatoms. The Morgan fingerprint density at radius 2 is 1.77 bits per heavy atom. The van der Waals surface area contributed by atoms with Crippen LogP contribution in [-0.2, 0) is 14.3 Å². The zero-order valence-corrected chi connectivity index (χ0v) is 13.7. The minimum Gasteiger partial charge on any atom is -0.372 e. The lowest BCUT2D eigenvalue weighted by Crippen LogP contribution is -2.52. The number of carbonyl (C=O) groups excluding carboxylic acids is 3. The van der Waals surface area contributed by atoms with Gasteiger partial charge < -0.3 is 15.0 Å². The van der Waals surface area contributed by atoms with Crippen molar-refractivity contribution < 1.29 is 19.1 Å². The quantitative estimate of drug-likeness (QED) is 0.777. The van der Waals surface area contributed by atoms with Crippen molar-refractivity contribution >= 4 is 17.8 Å². The van der Waals surface area contributed by atoms with E-state index in [1.165, 1.54) is 0 Å². The van der Waals surface area contributed by atoms with Gasteiger partial charge in [-0.15, -0.1) is 0 Å². The molecule has 0 aliphatic carbocycles. The number of nitrogens with one attached hydrogen (secondary N) is 1. The fraction of sp³-hybridized carbons (Fsp3) is 0.800. The Labute approximate surface area is 131 Å². The largest absolute Gasteiger partial charge is 0.372 e. The topological polar surface area (TPSA) is 79.0 Å². The summed E-state index contributed by atoms with van der Waals surface area (Å²) in [6, 6.07) is -0.476. The Bertz CT molecular complexity index is 465. The Morgan fingerprint density at radius 1 is 1.23 bits per heavy atom. The minimum absolute atomic E-state index is 0.0406. The van der Waals surface area contributed by atoms with Crippen LogP contribution >= 0.6 is 0 Å². The number of rotatable bonds is 4. The van der Waals surface area contributed by atoms with Gasteiger partial charge in [-0.2, -0.15) is 0 Å². The molecule has 1 N–H and O–H groups in total. The van der Waals surface area contributed by atoms with E-state index in [0.717, 1.165) is 4.90 Å². The van der Waals surface area contributed by atoms with Crippen LogP contribution in [0.15, 0.2) is 0 Å². The van der Waals surface area contributed by atoms with Gasteiger partial charge in [0.15, 0.2) is 0 Å². The smallest absolute Gasteiger partial charge is 0.325 e. The summed E-state index contributed by atoms with van der Waals surface area (Å²) in [6.07, 6.45) is 0.955. The second-order valence-electron chi connectivity index (χ2n) is 6.17. The third-order valence-electron chi connectivity index (χ3n) is 4.52. The molecule has 22 heavy (non-hydrogen) atoms. The average molecular weight is 311 g/mol. The Kier molecular flexibility index (Phi) is 4.75. The molecular weight excluding hydrogens is 286 g/mol. The van der Waals surface area contributed by atoms with Crippen molar-refractivity contribution in [2.24, 2.45) is 0 Å². The standard InChI is InChI=1S/C15H25N3O4/c1-5-15(6-2)13(20)18(14(21)16-15)9-12(19)17-7-10(3)22-11(4)8-17/h10-11H,5-9H2,1-4H3,(H,16,21). The zero-order chi connectivity index (χ0) is 16.5. The maximum absolute atomic E-state index is 12.5. The average Bonchev–Trinajstić information content (AvgIpc) is 2.70. The van der Waals surface area contributed by atoms with E-state index in [9.17, 15) is 14.4 Å². The van der Waals surface area contributed by atoms with Crippen molar-refractivity contribution in [3.8, 4) is 0 Å². The highest BCUT2D eigenvalue weighted by molar-refractivity contribution is 6.08. The molecule has 0 aromatic carbocycles. The van der Waals surface area contributed by atoms with E-state index < -0.39 is 11.6 Å². The number of ether oxygens (including phenoxy) is 1. The van der Waals surface area contributed by atoms with Crippen molar-refractivity contribution in [2.45, 2.75) is 58.3 Å². The summed E-state index contributed by atoms with van der Waals surface area (Å²) in [6.45, 7) is 8.30. The zero-order valence-electron chi connectivity index (χ0n) is 13.7. The maximum Gasteiger partial charge on any atom is 0.325 e. The lowest BCUT2D eigenvalue weighted by Gasteiger charge is -2.35. The predicted octanol–water partition coefficient (Wildman–Crippen LogP) is 0.733. The van der Waals surface area contributed by atoms with Gasteiger partial charge in [0.1, 0.15) is 12.1 Å². The molecule has 2 unspecified atom stereocenters. The van der Waals surface area contributed by atoms with Gasteiger partial charge in [0, 0.05) is 13.1 Å². The van der Waals surface area contributed by atoms with Crippen molar-refractivity contribution in [1.29, 1.82) is 0 Å². The molecule has 4 amide bonds. The molecule has 7 nitrogen and oxygen atoms in total. The van der Waals surface area contributed by atoms with Crippen LogP contribution in [0.2, 0.25) is 0 Å². The summed E-state index contributed by atoms with van der Waals surface area (Å²) >= 11 is 0. The summed E-state index contributed by atoms with van der Waals surface area (Å²) < 4.78 is 5.59. The van der Waals surface area contributed by atoms with Crippen LogP contribution in [0.3, 0.4) is 0 Å². The normalized spacial score (nSPS) is 28.0. The number of urea groups is 1. The van der Waals surface area contributed by atoms with Gasteiger partial charge in [0.25, 0.3) is 5.91 Å². The fourth-order valence-corrected chi connectivity index (χ4v) is 3.17. The molecule has 124 valence electrons. The number of carbonyl (C=O) groups is 3. The van der Waals surface area contributed by atoms with Gasteiger partial charge in [-0.25, -0.2) is 4.79 Å². The summed E-state index contributed by atoms with van der Waals surface area (Å²) in [5.41, 5.74) is -0.858. The summed E-state index contributed by atoms with van der Waals surface area (Å²) in [4.78, 5) is 39.7. The molecule has 0 saturated carbocycles. The third kappa shape index (κ3) is 2.95. The molecule has 0 aromatic rings. The van der Waals surface area contributed by atoms with Crippen LogP contribution in [0.5, 0.6) is 0 Å². The van der Waals surface area contributed by atoms with Crippen LogP contribution in [0, 0.1) is 0 Å². The number of hydrogen-bond donors (Lipinski definition) is 1. The fourth-order valence-electron chi connectivity index (χ4n) is 3.17. The second kappa shape index (κ2) is 6.24. The number of nitrogens with zero attached hydrogens (tertiary/aromatic N) is 2. The predicted molar refractivity (Wildman–Crippen MR) is 80.1 cm³/mol. The lowest BCUT2D eigenvalue weighted by atomic mass is 9.93. The van der Waals surface area contributed by atoms with Gasteiger partial charge in [0.2, 0.25) is 5.91 Å². The molecule has 2 rings (SSSR count). The number of imide groups is 1. The van der Waals surface area contributed by atoms with Crippen LogP contribution in [0.25, 0.3) is 0 Å². The van der Waals surface area contributed by atoms with E-state index in [-0.39, 0.29) is 30.6 Å². The second-order valence-corrected chi connectivity index (χ2v) is 6.17. The molecule has 0 spiro atoms. The van der Waals surface area contributed by atoms with Crippen LogP contribution in [0.1, 0.15) is 40.5 Å². The van der Waals surface area contributed by atoms with Crippen LogP contribution < -0.4 is 5.32 Å². The monoisotopic (exact) mass is 311 g/mol. The molecule has 2 atom stereocenters. The molecule has 2 aliphatic rings. The summed E-state index contributed by atoms with van der Waals surface area (Å²) in [5.74, 6) is -0.515. The van der Waals surface area contributed by atoms with Gasteiger partial charge >= 0.3 is 6.03 Å². The van der Waals surface area contributed by atoms with Crippen molar-refractivity contribution in [3.05, 3.63) is 0 Å². The van der Waals surface area contributed by atoms with E-state index in [1.54, 1.807) is 4.90 Å². The highest BCUT2D eigenvalue weighted by atomic mass is 16.5. The van der Waals surface area contributed by atoms with E-state index >= 15 is 0 Å². The van der Waals surface area contributed by atoms with E-state index in [1.807, 2.05) is 27.7 Å². The first-order valence-corrected chi connectivity index (χ1v) is 7.90. The van der Waals surface area contributed by atoms with Gasteiger partial charge in [-0.05, 0) is 26.7 Å². The molecule has 0 radical (unpaired) electrons. The Hall–Kier alpha value is -1.63. The first-order chi connectivity index (χ1) is 10.3. The minimum atomic E-state index is -0.858. The molecule has 2 saturated heterocycles. The highest BCUT2D eigenvalue weighted by Crippen LogP contribution is 2.25. The van der Waals surface area contributed by atoms with Gasteiger partial charge in [-0.3, -0.25) is 14.5 Å². The van der Waals surface area contributed by atoms with Gasteiger partial charge in [0.05, 0.1) is 12.2 Å². The van der Waals surface area contributed by atoms with Crippen molar-refractivity contribution in [3.63, 3.8) is 0 Å². The molecular formula is C15H25N3O4. The SMILES string of the molecule is CCC1(CC)NC(=O)N(CC(=O)N2CC(C)OC(C)C2)C1=O. The van der Waals surface area contributed by atoms with E-state index in [4.69, 9.17) is 4.74 Å². The summed E-state index contributed by atoms with van der Waals surface area (Å²) in [5, 5.41) is 2.73. The van der Waals surface area contributed by atoms with Crippen LogP contribution in [0.4, 0.5) is 4.79 Å². The number of amides is 4. The van der Waals surface area contributed by atoms with Gasteiger partial charge in [-0.1, -0.05) is 13.8 Å². The first-order valence-electron chi connectivity index (χ1n) is 7.90. The lowest BCUT2D eigenvalue weighted by molar-refractivity contribution is -0.146. The first kappa shape index (κ1) is 16.7. The third-order valence-corrected chi connectivity index (χ3v) is 4.52. The molecule has 2 aliphatic heterocycles. The molecule has 2 fully saturated rings. The highest BCUT2D eigenvalue weighted by Gasteiger charge is 2.49. The number of hydrogen-bond acceptors (Lipinski definition) is 4. The molecule has 0 bridgehead atoms. The van der Waals surface area contributed by atoms with Crippen molar-refractivity contribution in [2.75, 3.05) is 19.6 Å². The van der Waals surface area contributed by atoms with E-state index in [2.05, 4.69) is 5.32 Å². The maximum atomic E-state index is 12.5. The Balaban J connectivity index is 2.05. The Morgan fingerprint density at radius 3 is 2.23 bits per heavy atom. The molecule has 0 aromatic heterocycles. The molecule has 2 heterocycles. The summed E-state index contributed by atoms with van der Waals surface area (Å²) in [7, 11) is 0. The number of morpholine rings is 1. The van der Waals surface area contributed by atoms with Crippen LogP contribution in [-0.4, -0.2) is 65.0 Å². The van der Waals surface area contributed by atoms with E-state index in [0.29, 0.717) is 25.9 Å².